The van der Waals surface area contributed by atoms with Gasteiger partial charge in [0.25, 0.3) is 0 Å². The van der Waals surface area contributed by atoms with Crippen LogP contribution in [0.1, 0.15) is 30.3 Å². The van der Waals surface area contributed by atoms with E-state index in [1.165, 1.54) is 29.9 Å². The van der Waals surface area contributed by atoms with E-state index in [0.717, 1.165) is 56.3 Å². The third-order valence-electron chi connectivity index (χ3n) is 6.81. The van der Waals surface area contributed by atoms with Gasteiger partial charge in [-0.25, -0.2) is 4.98 Å². The van der Waals surface area contributed by atoms with Crippen LogP contribution in [-0.4, -0.2) is 52.1 Å². The SMILES string of the molecule is CCc1nc(-c2ccccc2OC)n2c1CN(C1CCN(Cc3ccccc3)C1)CC2. The first kappa shape index (κ1) is 20.3. The zero-order chi connectivity index (χ0) is 21.2. The molecule has 0 bridgehead atoms. The zero-order valence-corrected chi connectivity index (χ0v) is 18.6. The number of hydrogen-bond donors (Lipinski definition) is 0. The maximum atomic E-state index is 5.63. The molecule has 1 unspecified atom stereocenters. The van der Waals surface area contributed by atoms with Crippen molar-refractivity contribution >= 4 is 0 Å². The average Bonchev–Trinajstić information content (AvgIpc) is 3.44. The number of ether oxygens (including phenoxy) is 1. The highest BCUT2D eigenvalue weighted by Crippen LogP contribution is 2.33. The maximum Gasteiger partial charge on any atom is 0.144 e. The van der Waals surface area contributed by atoms with Crippen molar-refractivity contribution in [3.63, 3.8) is 0 Å². The van der Waals surface area contributed by atoms with Crippen molar-refractivity contribution in [3.8, 4) is 17.1 Å². The topological polar surface area (TPSA) is 33.5 Å². The van der Waals surface area contributed by atoms with E-state index >= 15 is 0 Å². The zero-order valence-electron chi connectivity index (χ0n) is 18.6. The lowest BCUT2D eigenvalue weighted by molar-refractivity contribution is 0.154. The van der Waals surface area contributed by atoms with Crippen LogP contribution >= 0.6 is 0 Å². The van der Waals surface area contributed by atoms with Gasteiger partial charge < -0.3 is 9.30 Å². The van der Waals surface area contributed by atoms with Crippen LogP contribution in [0, 0.1) is 0 Å². The van der Waals surface area contributed by atoms with Gasteiger partial charge in [0, 0.05) is 45.3 Å². The van der Waals surface area contributed by atoms with Crippen molar-refractivity contribution in [1.82, 2.24) is 19.4 Å². The molecule has 5 heteroatoms. The third kappa shape index (κ3) is 4.00. The standard InChI is InChI=1S/C26H32N4O/c1-3-23-24-19-29(21-13-14-28(18-21)17-20-9-5-4-6-10-20)15-16-30(24)26(27-23)22-11-7-8-12-25(22)31-2/h4-12,21H,3,13-19H2,1-2H3. The second kappa shape index (κ2) is 8.85. The van der Waals surface area contributed by atoms with E-state index in [0.29, 0.717) is 6.04 Å². The molecule has 31 heavy (non-hydrogen) atoms. The fourth-order valence-electron chi connectivity index (χ4n) is 5.18. The number of aromatic nitrogens is 2. The second-order valence-corrected chi connectivity index (χ2v) is 8.67. The lowest BCUT2D eigenvalue weighted by Crippen LogP contribution is -2.42. The summed E-state index contributed by atoms with van der Waals surface area (Å²) < 4.78 is 8.06. The smallest absolute Gasteiger partial charge is 0.144 e. The number of rotatable bonds is 6. The van der Waals surface area contributed by atoms with Crippen LogP contribution in [0.4, 0.5) is 0 Å². The minimum atomic E-state index is 0.631. The fourth-order valence-corrected chi connectivity index (χ4v) is 5.18. The van der Waals surface area contributed by atoms with Crippen LogP contribution in [-0.2, 0) is 26.1 Å². The van der Waals surface area contributed by atoms with Gasteiger partial charge in [-0.1, -0.05) is 49.4 Å². The Kier molecular flexibility index (Phi) is 5.79. The highest BCUT2D eigenvalue weighted by Gasteiger charge is 2.32. The first-order valence-corrected chi connectivity index (χ1v) is 11.5. The maximum absolute atomic E-state index is 5.63. The van der Waals surface area contributed by atoms with Crippen LogP contribution in [0.5, 0.6) is 5.75 Å². The van der Waals surface area contributed by atoms with Crippen LogP contribution in [0.3, 0.4) is 0 Å². The van der Waals surface area contributed by atoms with E-state index in [9.17, 15) is 0 Å². The summed E-state index contributed by atoms with van der Waals surface area (Å²) in [5.41, 5.74) is 5.12. The Morgan fingerprint density at radius 1 is 1.00 bits per heavy atom. The molecule has 3 aromatic rings. The van der Waals surface area contributed by atoms with Gasteiger partial charge in [0.2, 0.25) is 0 Å². The number of methoxy groups -OCH3 is 1. The Morgan fingerprint density at radius 3 is 2.61 bits per heavy atom. The molecule has 1 saturated heterocycles. The van der Waals surface area contributed by atoms with Gasteiger partial charge >= 0.3 is 0 Å². The molecule has 1 fully saturated rings. The molecule has 2 aliphatic heterocycles. The summed E-state index contributed by atoms with van der Waals surface area (Å²) in [5, 5.41) is 0. The minimum Gasteiger partial charge on any atom is -0.496 e. The van der Waals surface area contributed by atoms with Crippen LogP contribution in [0.15, 0.2) is 54.6 Å². The first-order valence-electron chi connectivity index (χ1n) is 11.5. The van der Waals surface area contributed by atoms with E-state index in [1.54, 1.807) is 7.11 Å². The van der Waals surface area contributed by atoms with Gasteiger partial charge in [-0.15, -0.1) is 0 Å². The number of fused-ring (bicyclic) bond motifs is 1. The normalized spacial score (nSPS) is 19.5. The average molecular weight is 417 g/mol. The summed E-state index contributed by atoms with van der Waals surface area (Å²) in [5.74, 6) is 1.95. The monoisotopic (exact) mass is 416 g/mol. The summed E-state index contributed by atoms with van der Waals surface area (Å²) in [6.07, 6.45) is 2.21. The fraction of sp³-hybridized carbons (Fsp3) is 0.423. The molecular weight excluding hydrogens is 384 g/mol. The van der Waals surface area contributed by atoms with Crippen LogP contribution < -0.4 is 4.74 Å². The second-order valence-electron chi connectivity index (χ2n) is 8.67. The quantitative estimate of drug-likeness (QED) is 0.603. The predicted molar refractivity (Wildman–Crippen MR) is 124 cm³/mol. The molecule has 0 aliphatic carbocycles. The molecule has 1 atom stereocenters. The lowest BCUT2D eigenvalue weighted by atomic mass is 10.1. The summed E-state index contributed by atoms with van der Waals surface area (Å²) >= 11 is 0. The van der Waals surface area contributed by atoms with Gasteiger partial charge in [0.1, 0.15) is 11.6 Å². The minimum absolute atomic E-state index is 0.631. The number of aryl methyl sites for hydroxylation is 1. The molecule has 1 aromatic heterocycles. The first-order chi connectivity index (χ1) is 15.3. The van der Waals surface area contributed by atoms with Gasteiger partial charge in [0.05, 0.1) is 24.1 Å². The summed E-state index contributed by atoms with van der Waals surface area (Å²) in [6.45, 7) is 8.68. The van der Waals surface area contributed by atoms with Crippen molar-refractivity contribution < 1.29 is 4.74 Å². The van der Waals surface area contributed by atoms with Gasteiger partial charge in [-0.2, -0.15) is 0 Å². The summed E-state index contributed by atoms with van der Waals surface area (Å²) in [6, 6.07) is 19.7. The molecule has 5 rings (SSSR count). The molecule has 3 heterocycles. The Hall–Kier alpha value is -2.63. The highest BCUT2D eigenvalue weighted by molar-refractivity contribution is 5.65. The number of imidazole rings is 1. The van der Waals surface area contributed by atoms with E-state index in [4.69, 9.17) is 9.72 Å². The molecule has 0 radical (unpaired) electrons. The number of likely N-dealkylation sites (tertiary alicyclic amines) is 1. The third-order valence-corrected chi connectivity index (χ3v) is 6.81. The highest BCUT2D eigenvalue weighted by atomic mass is 16.5. The van der Waals surface area contributed by atoms with Gasteiger partial charge in [-0.05, 0) is 30.5 Å². The van der Waals surface area contributed by atoms with Crippen LogP contribution in [0.2, 0.25) is 0 Å². The molecule has 0 saturated carbocycles. The van der Waals surface area contributed by atoms with Crippen molar-refractivity contribution in [3.05, 3.63) is 71.5 Å². The Bertz CT molecular complexity index is 1030. The Morgan fingerprint density at radius 2 is 1.81 bits per heavy atom. The van der Waals surface area contributed by atoms with E-state index in [1.807, 2.05) is 12.1 Å². The van der Waals surface area contributed by atoms with E-state index in [-0.39, 0.29) is 0 Å². The molecular formula is C26H32N4O. The Balaban J connectivity index is 1.33. The van der Waals surface area contributed by atoms with Gasteiger partial charge in [-0.3, -0.25) is 9.80 Å². The van der Waals surface area contributed by atoms with Crippen molar-refractivity contribution in [1.29, 1.82) is 0 Å². The predicted octanol–water partition coefficient (Wildman–Crippen LogP) is 4.21. The molecule has 162 valence electrons. The Labute approximate surface area is 185 Å². The lowest BCUT2D eigenvalue weighted by Gasteiger charge is -2.34. The number of nitrogens with zero attached hydrogens (tertiary/aromatic N) is 4. The molecule has 2 aromatic carbocycles. The molecule has 2 aliphatic rings. The molecule has 5 nitrogen and oxygen atoms in total. The molecule has 0 N–H and O–H groups in total. The van der Waals surface area contributed by atoms with Crippen molar-refractivity contribution in [2.24, 2.45) is 0 Å². The van der Waals surface area contributed by atoms with Gasteiger partial charge in [0.15, 0.2) is 0 Å². The molecule has 0 spiro atoms. The summed E-state index contributed by atoms with van der Waals surface area (Å²) in [7, 11) is 1.74. The van der Waals surface area contributed by atoms with Crippen molar-refractivity contribution in [2.75, 3.05) is 26.7 Å². The largest absolute Gasteiger partial charge is 0.496 e. The van der Waals surface area contributed by atoms with Crippen molar-refractivity contribution in [2.45, 2.75) is 45.4 Å². The van der Waals surface area contributed by atoms with E-state index < -0.39 is 0 Å². The number of benzene rings is 2. The number of para-hydroxylation sites is 1. The van der Waals surface area contributed by atoms with E-state index in [2.05, 4.69) is 63.8 Å². The van der Waals surface area contributed by atoms with Crippen LogP contribution in [0.25, 0.3) is 11.4 Å². The summed E-state index contributed by atoms with van der Waals surface area (Å²) in [4.78, 5) is 10.4. The number of hydrogen-bond acceptors (Lipinski definition) is 4. The molecule has 0 amide bonds.